The molecule has 2 aliphatic rings. The maximum atomic E-state index is 10.3. The van der Waals surface area contributed by atoms with Gasteiger partial charge in [0.2, 0.25) is 0 Å². The van der Waals surface area contributed by atoms with Crippen molar-refractivity contribution in [3.8, 4) is 0 Å². The van der Waals surface area contributed by atoms with Gasteiger partial charge in [0, 0.05) is 0 Å². The van der Waals surface area contributed by atoms with Gasteiger partial charge < -0.3 is 28.8 Å². The Balaban J connectivity index is 0.000000335. The Labute approximate surface area is 203 Å². The maximum Gasteiger partial charge on any atom is 0.163 e. The molecule has 0 saturated carbocycles. The van der Waals surface area contributed by atoms with Gasteiger partial charge in [-0.1, -0.05) is 46.6 Å². The number of rotatable bonds is 11. The van der Waals surface area contributed by atoms with E-state index in [0.717, 1.165) is 25.7 Å². The van der Waals surface area contributed by atoms with E-state index in [1.165, 1.54) is 0 Å². The average Bonchev–Trinajstić information content (AvgIpc) is 3.28. The first kappa shape index (κ1) is 30.5. The minimum absolute atomic E-state index is 0.0125. The third-order valence-electron chi connectivity index (χ3n) is 6.83. The largest absolute Gasteiger partial charge is 0.387 e. The van der Waals surface area contributed by atoms with Crippen LogP contribution >= 0.6 is 0 Å². The monoisotopic (exact) mass is 472 g/mol. The maximum absolute atomic E-state index is 10.3. The molecule has 0 bridgehead atoms. The fourth-order valence-electron chi connectivity index (χ4n) is 4.33. The van der Waals surface area contributed by atoms with Gasteiger partial charge >= 0.3 is 0 Å². The Hall–Kier alpha value is -0.500. The first-order valence-corrected chi connectivity index (χ1v) is 12.7. The van der Waals surface area contributed by atoms with Crippen molar-refractivity contribution in [2.24, 2.45) is 11.8 Å². The highest BCUT2D eigenvalue weighted by Gasteiger charge is 2.45. The number of aliphatic hydroxyl groups is 1. The molecule has 6 nitrogen and oxygen atoms in total. The summed E-state index contributed by atoms with van der Waals surface area (Å²) < 4.78 is 28.8. The van der Waals surface area contributed by atoms with Gasteiger partial charge in [-0.3, -0.25) is 0 Å². The third kappa shape index (κ3) is 9.95. The van der Waals surface area contributed by atoms with Crippen LogP contribution in [0.5, 0.6) is 0 Å². The van der Waals surface area contributed by atoms with Gasteiger partial charge in [0.25, 0.3) is 0 Å². The molecule has 2 saturated heterocycles. The van der Waals surface area contributed by atoms with Gasteiger partial charge in [-0.05, 0) is 66.2 Å². The van der Waals surface area contributed by atoms with Crippen molar-refractivity contribution in [2.75, 3.05) is 19.8 Å². The summed E-state index contributed by atoms with van der Waals surface area (Å²) >= 11 is 0. The molecule has 0 aromatic carbocycles. The molecule has 0 amide bonds. The fourth-order valence-corrected chi connectivity index (χ4v) is 4.33. The van der Waals surface area contributed by atoms with E-state index in [4.69, 9.17) is 23.7 Å². The van der Waals surface area contributed by atoms with Crippen LogP contribution < -0.4 is 0 Å². The van der Waals surface area contributed by atoms with E-state index in [1.54, 1.807) is 6.08 Å². The average molecular weight is 473 g/mol. The van der Waals surface area contributed by atoms with Crippen LogP contribution in [0.3, 0.4) is 0 Å². The minimum Gasteiger partial charge on any atom is -0.387 e. The van der Waals surface area contributed by atoms with Gasteiger partial charge in [0.1, 0.15) is 12.2 Å². The van der Waals surface area contributed by atoms with Crippen LogP contribution in [0, 0.1) is 11.8 Å². The number of ether oxygens (including phenoxy) is 5. The van der Waals surface area contributed by atoms with Crippen molar-refractivity contribution < 1.29 is 28.8 Å². The zero-order chi connectivity index (χ0) is 25.5. The van der Waals surface area contributed by atoms with Crippen molar-refractivity contribution in [1.82, 2.24) is 0 Å². The quantitative estimate of drug-likeness (QED) is 0.380. The molecule has 0 unspecified atom stereocenters. The molecule has 0 aromatic heterocycles. The fraction of sp³-hybridized carbons (Fsp3) is 0.926. The lowest BCUT2D eigenvalue weighted by molar-refractivity contribution is -0.180. The summed E-state index contributed by atoms with van der Waals surface area (Å²) in [6, 6.07) is 0. The van der Waals surface area contributed by atoms with Crippen LogP contribution in [0.25, 0.3) is 0 Å². The lowest BCUT2D eigenvalue weighted by Gasteiger charge is -2.36. The smallest absolute Gasteiger partial charge is 0.163 e. The Kier molecular flexibility index (Phi) is 11.5. The summed E-state index contributed by atoms with van der Waals surface area (Å²) in [7, 11) is 0. The van der Waals surface area contributed by atoms with Crippen molar-refractivity contribution in [3.05, 3.63) is 12.7 Å². The summed E-state index contributed by atoms with van der Waals surface area (Å²) in [4.78, 5) is 0. The van der Waals surface area contributed by atoms with E-state index in [2.05, 4.69) is 41.2 Å². The zero-order valence-corrected chi connectivity index (χ0v) is 23.0. The van der Waals surface area contributed by atoms with Crippen LogP contribution in [0.15, 0.2) is 12.7 Å². The predicted molar refractivity (Wildman–Crippen MR) is 133 cm³/mol. The van der Waals surface area contributed by atoms with E-state index < -0.39 is 17.2 Å². The van der Waals surface area contributed by atoms with Crippen molar-refractivity contribution in [3.63, 3.8) is 0 Å². The minimum atomic E-state index is -0.788. The highest BCUT2D eigenvalue weighted by Crippen LogP contribution is 2.36. The second-order valence-corrected chi connectivity index (χ2v) is 11.3. The van der Waals surface area contributed by atoms with E-state index in [0.29, 0.717) is 31.7 Å². The zero-order valence-electron chi connectivity index (χ0n) is 23.0. The van der Waals surface area contributed by atoms with Crippen molar-refractivity contribution in [1.29, 1.82) is 0 Å². The topological polar surface area (TPSA) is 66.4 Å². The Bertz CT molecular complexity index is 587. The summed E-state index contributed by atoms with van der Waals surface area (Å²) in [5, 5.41) is 10.3. The highest BCUT2D eigenvalue weighted by atomic mass is 16.8. The lowest BCUT2D eigenvalue weighted by Crippen LogP contribution is -2.45. The van der Waals surface area contributed by atoms with E-state index in [9.17, 15) is 5.11 Å². The van der Waals surface area contributed by atoms with E-state index >= 15 is 0 Å². The molecule has 6 heteroatoms. The Morgan fingerprint density at radius 1 is 0.939 bits per heavy atom. The van der Waals surface area contributed by atoms with Gasteiger partial charge in [0.15, 0.2) is 11.6 Å². The number of hydrogen-bond acceptors (Lipinski definition) is 6. The molecule has 0 aliphatic carbocycles. The van der Waals surface area contributed by atoms with Crippen LogP contribution in [0.2, 0.25) is 0 Å². The van der Waals surface area contributed by atoms with E-state index in [1.807, 2.05) is 34.6 Å². The molecule has 196 valence electrons. The summed E-state index contributed by atoms with van der Waals surface area (Å²) in [5.74, 6) is 0.0580. The Morgan fingerprint density at radius 3 is 1.79 bits per heavy atom. The third-order valence-corrected chi connectivity index (χ3v) is 6.83. The first-order valence-electron chi connectivity index (χ1n) is 12.7. The highest BCUT2D eigenvalue weighted by molar-refractivity contribution is 4.92. The van der Waals surface area contributed by atoms with Gasteiger partial charge in [-0.2, -0.15) is 0 Å². The molecule has 2 aliphatic heterocycles. The van der Waals surface area contributed by atoms with E-state index in [-0.39, 0.29) is 17.8 Å². The summed E-state index contributed by atoms with van der Waals surface area (Å²) in [6.07, 6.45) is 5.52. The van der Waals surface area contributed by atoms with Crippen LogP contribution in [0.4, 0.5) is 0 Å². The standard InChI is InChI=1S/C15H28O3.C12H24O3/c1-7-9-16-15(6,10-12(3)8-2)13-11-17-14(4,5)18-13;1-6-9(2)7-12(5,13)10-8-14-11(3,4)15-10/h7,12-13H,1,8-11H2,2-6H3;9-10,13H,6-8H2,1-5H3/t12-,13+,15+;9-,10+,12+/m00/s1. The molecule has 33 heavy (non-hydrogen) atoms. The molecule has 2 rings (SSSR count). The molecule has 2 fully saturated rings. The van der Waals surface area contributed by atoms with Crippen LogP contribution in [-0.2, 0) is 23.7 Å². The SMILES string of the molecule is C=CCO[C@](C)(C[C@@H](C)CC)[C@H]1COC(C)(C)O1.CC[C@H](C)C[C@@](C)(O)[C@H]1COC(C)(C)O1. The number of hydrogen-bond donors (Lipinski definition) is 1. The first-order chi connectivity index (χ1) is 15.1. The molecule has 0 aromatic rings. The molecule has 2 heterocycles. The lowest BCUT2D eigenvalue weighted by atomic mass is 9.87. The predicted octanol–water partition coefficient (Wildman–Crippen LogP) is 5.86. The molecule has 1 N–H and O–H groups in total. The summed E-state index contributed by atoms with van der Waals surface area (Å²) in [5.41, 5.74) is -1.10. The molecule has 6 atom stereocenters. The second-order valence-electron chi connectivity index (χ2n) is 11.3. The molecular weight excluding hydrogens is 420 g/mol. The van der Waals surface area contributed by atoms with Gasteiger partial charge in [-0.15, -0.1) is 6.58 Å². The second kappa shape index (κ2) is 12.5. The Morgan fingerprint density at radius 2 is 1.39 bits per heavy atom. The van der Waals surface area contributed by atoms with Crippen LogP contribution in [0.1, 0.15) is 94.9 Å². The van der Waals surface area contributed by atoms with Crippen molar-refractivity contribution >= 4 is 0 Å². The normalized spacial score (nSPS) is 29.3. The summed E-state index contributed by atoms with van der Waals surface area (Å²) in [6.45, 7) is 25.7. The van der Waals surface area contributed by atoms with Gasteiger partial charge in [-0.25, -0.2) is 0 Å². The van der Waals surface area contributed by atoms with Gasteiger partial charge in [0.05, 0.1) is 31.0 Å². The molecule has 0 spiro atoms. The van der Waals surface area contributed by atoms with Crippen molar-refractivity contribution in [2.45, 2.75) is 130 Å². The molecule has 0 radical (unpaired) electrons. The molecular formula is C27H52O6. The van der Waals surface area contributed by atoms with Crippen LogP contribution in [-0.4, -0.2) is 59.9 Å².